The molecule has 1 aliphatic rings. The molecule has 0 atom stereocenters. The Hall–Kier alpha value is -0.530. The van der Waals surface area contributed by atoms with Crippen LogP contribution in [0, 0.1) is 0 Å². The largest absolute Gasteiger partial charge is 0.321 e. The summed E-state index contributed by atoms with van der Waals surface area (Å²) in [4.78, 5) is 0. The Morgan fingerprint density at radius 2 is 1.75 bits per heavy atom. The first-order chi connectivity index (χ1) is 5.71. The first kappa shape index (κ1) is 8.09. The van der Waals surface area contributed by atoms with Gasteiger partial charge >= 0.3 is 0 Å². The van der Waals surface area contributed by atoms with Crippen LogP contribution < -0.4 is 5.73 Å². The van der Waals surface area contributed by atoms with Crippen molar-refractivity contribution in [3.05, 3.63) is 34.9 Å². The second-order valence-corrected chi connectivity index (χ2v) is 3.95. The summed E-state index contributed by atoms with van der Waals surface area (Å²) in [6.07, 6.45) is 3.46. The number of rotatable bonds is 1. The molecular weight excluding hydrogens is 170 g/mol. The van der Waals surface area contributed by atoms with Gasteiger partial charge in [-0.1, -0.05) is 23.7 Å². The van der Waals surface area contributed by atoms with Crippen molar-refractivity contribution in [1.29, 1.82) is 0 Å². The van der Waals surface area contributed by atoms with Gasteiger partial charge in [-0.3, -0.25) is 0 Å². The Balaban J connectivity index is 2.28. The molecule has 1 saturated carbocycles. The first-order valence-corrected chi connectivity index (χ1v) is 4.63. The van der Waals surface area contributed by atoms with Crippen molar-refractivity contribution < 1.29 is 0 Å². The molecule has 2 N–H and O–H groups in total. The molecule has 1 fully saturated rings. The predicted molar refractivity (Wildman–Crippen MR) is 51.2 cm³/mol. The van der Waals surface area contributed by atoms with Crippen LogP contribution in [0.15, 0.2) is 24.3 Å². The van der Waals surface area contributed by atoms with Crippen LogP contribution in [0.1, 0.15) is 24.8 Å². The zero-order chi connectivity index (χ0) is 8.60. The highest BCUT2D eigenvalue weighted by Gasteiger charge is 2.33. The van der Waals surface area contributed by atoms with E-state index < -0.39 is 0 Å². The van der Waals surface area contributed by atoms with Crippen LogP contribution in [0.5, 0.6) is 0 Å². The molecule has 0 aromatic heterocycles. The van der Waals surface area contributed by atoms with E-state index in [1.54, 1.807) is 0 Å². The highest BCUT2D eigenvalue weighted by molar-refractivity contribution is 6.30. The van der Waals surface area contributed by atoms with Crippen molar-refractivity contribution in [3.63, 3.8) is 0 Å². The number of halogens is 1. The molecule has 0 amide bonds. The monoisotopic (exact) mass is 181 g/mol. The minimum atomic E-state index is -0.0510. The molecule has 0 unspecified atom stereocenters. The standard InChI is InChI=1S/C10H12ClN/c11-9-4-2-8(3-5-9)10(12)6-1-7-10/h2-5H,1,6-7,12H2. The lowest BCUT2D eigenvalue weighted by atomic mass is 9.73. The van der Waals surface area contributed by atoms with Gasteiger partial charge in [-0.15, -0.1) is 0 Å². The van der Waals surface area contributed by atoms with Gasteiger partial charge in [-0.2, -0.15) is 0 Å². The molecule has 0 radical (unpaired) electrons. The van der Waals surface area contributed by atoms with E-state index in [2.05, 4.69) is 0 Å². The van der Waals surface area contributed by atoms with Crippen molar-refractivity contribution in [3.8, 4) is 0 Å². The van der Waals surface area contributed by atoms with E-state index in [1.807, 2.05) is 24.3 Å². The SMILES string of the molecule is NC1(c2ccc(Cl)cc2)CCC1. The third-order valence-electron chi connectivity index (χ3n) is 2.66. The lowest BCUT2D eigenvalue weighted by molar-refractivity contribution is 0.253. The lowest BCUT2D eigenvalue weighted by Gasteiger charge is -2.38. The zero-order valence-corrected chi connectivity index (χ0v) is 7.64. The summed E-state index contributed by atoms with van der Waals surface area (Å²) in [6, 6.07) is 7.87. The van der Waals surface area contributed by atoms with Crippen molar-refractivity contribution >= 4 is 11.6 Å². The van der Waals surface area contributed by atoms with E-state index in [1.165, 1.54) is 12.0 Å². The summed E-state index contributed by atoms with van der Waals surface area (Å²) in [5.74, 6) is 0. The molecule has 1 aromatic carbocycles. The van der Waals surface area contributed by atoms with E-state index in [0.29, 0.717) is 0 Å². The summed E-state index contributed by atoms with van der Waals surface area (Å²) in [5.41, 5.74) is 7.30. The molecule has 2 heteroatoms. The van der Waals surface area contributed by atoms with Gasteiger partial charge in [0.25, 0.3) is 0 Å². The third-order valence-corrected chi connectivity index (χ3v) is 2.92. The Labute approximate surface area is 77.5 Å². The van der Waals surface area contributed by atoms with Crippen LogP contribution in [0.4, 0.5) is 0 Å². The molecule has 1 aromatic rings. The third kappa shape index (κ3) is 1.23. The molecule has 12 heavy (non-hydrogen) atoms. The maximum absolute atomic E-state index is 6.13. The first-order valence-electron chi connectivity index (χ1n) is 4.26. The number of benzene rings is 1. The quantitative estimate of drug-likeness (QED) is 0.709. The lowest BCUT2D eigenvalue weighted by Crippen LogP contribution is -2.43. The Bertz CT molecular complexity index is 274. The van der Waals surface area contributed by atoms with Gasteiger partial charge < -0.3 is 5.73 Å². The molecule has 2 rings (SSSR count). The molecule has 0 bridgehead atoms. The molecule has 1 nitrogen and oxygen atoms in total. The molecule has 64 valence electrons. The van der Waals surface area contributed by atoms with Gasteiger partial charge in [0.05, 0.1) is 0 Å². The maximum atomic E-state index is 6.13. The Kier molecular flexibility index (Phi) is 1.85. The van der Waals surface area contributed by atoms with Crippen LogP contribution in [0.25, 0.3) is 0 Å². The fourth-order valence-corrected chi connectivity index (χ4v) is 1.75. The summed E-state index contributed by atoms with van der Waals surface area (Å²) >= 11 is 5.78. The van der Waals surface area contributed by atoms with Crippen molar-refractivity contribution in [1.82, 2.24) is 0 Å². The minimum Gasteiger partial charge on any atom is -0.321 e. The topological polar surface area (TPSA) is 26.0 Å². The van der Waals surface area contributed by atoms with Crippen LogP contribution in [-0.4, -0.2) is 0 Å². The fraction of sp³-hybridized carbons (Fsp3) is 0.400. The van der Waals surface area contributed by atoms with E-state index in [4.69, 9.17) is 17.3 Å². The summed E-state index contributed by atoms with van der Waals surface area (Å²) < 4.78 is 0. The highest BCUT2D eigenvalue weighted by Crippen LogP contribution is 2.38. The van der Waals surface area contributed by atoms with E-state index >= 15 is 0 Å². The molecule has 0 heterocycles. The summed E-state index contributed by atoms with van der Waals surface area (Å²) in [5, 5.41) is 0.779. The number of hydrogen-bond acceptors (Lipinski definition) is 1. The maximum Gasteiger partial charge on any atom is 0.0409 e. The second kappa shape index (κ2) is 2.75. The Morgan fingerprint density at radius 1 is 1.17 bits per heavy atom. The minimum absolute atomic E-state index is 0.0510. The van der Waals surface area contributed by atoms with Gasteiger partial charge in [0.2, 0.25) is 0 Å². The van der Waals surface area contributed by atoms with E-state index in [9.17, 15) is 0 Å². The molecule has 0 saturated heterocycles. The zero-order valence-electron chi connectivity index (χ0n) is 6.89. The van der Waals surface area contributed by atoms with Gasteiger partial charge in [-0.05, 0) is 37.0 Å². The molecule has 0 spiro atoms. The average Bonchev–Trinajstić information content (AvgIpc) is 2.02. The Morgan fingerprint density at radius 3 is 2.17 bits per heavy atom. The molecule has 1 aliphatic carbocycles. The summed E-state index contributed by atoms with van der Waals surface area (Å²) in [7, 11) is 0. The highest BCUT2D eigenvalue weighted by atomic mass is 35.5. The van der Waals surface area contributed by atoms with Crippen molar-refractivity contribution in [2.45, 2.75) is 24.8 Å². The van der Waals surface area contributed by atoms with Crippen LogP contribution >= 0.6 is 11.6 Å². The smallest absolute Gasteiger partial charge is 0.0409 e. The average molecular weight is 182 g/mol. The predicted octanol–water partition coefficient (Wildman–Crippen LogP) is 2.68. The van der Waals surface area contributed by atoms with Crippen molar-refractivity contribution in [2.24, 2.45) is 5.73 Å². The van der Waals surface area contributed by atoms with E-state index in [0.717, 1.165) is 17.9 Å². The normalized spacial score (nSPS) is 20.2. The molecule has 0 aliphatic heterocycles. The fourth-order valence-electron chi connectivity index (χ4n) is 1.63. The van der Waals surface area contributed by atoms with Crippen LogP contribution in [-0.2, 0) is 5.54 Å². The van der Waals surface area contributed by atoms with Gasteiger partial charge in [0.1, 0.15) is 0 Å². The summed E-state index contributed by atoms with van der Waals surface area (Å²) in [6.45, 7) is 0. The number of hydrogen-bond donors (Lipinski definition) is 1. The molecular formula is C10H12ClN. The van der Waals surface area contributed by atoms with Crippen LogP contribution in [0.3, 0.4) is 0 Å². The van der Waals surface area contributed by atoms with Crippen LogP contribution in [0.2, 0.25) is 5.02 Å². The van der Waals surface area contributed by atoms with Gasteiger partial charge in [-0.25, -0.2) is 0 Å². The van der Waals surface area contributed by atoms with Gasteiger partial charge in [0, 0.05) is 10.6 Å². The second-order valence-electron chi connectivity index (χ2n) is 3.52. The van der Waals surface area contributed by atoms with Crippen molar-refractivity contribution in [2.75, 3.05) is 0 Å². The van der Waals surface area contributed by atoms with E-state index in [-0.39, 0.29) is 5.54 Å². The number of nitrogens with two attached hydrogens (primary N) is 1. The van der Waals surface area contributed by atoms with Gasteiger partial charge in [0.15, 0.2) is 0 Å².